The lowest BCUT2D eigenvalue weighted by Crippen LogP contribution is -2.16. The number of carbonyl (C=O) groups is 1. The second-order valence-electron chi connectivity index (χ2n) is 5.68. The van der Waals surface area contributed by atoms with Crippen LogP contribution in [0.4, 0.5) is 0 Å². The highest BCUT2D eigenvalue weighted by molar-refractivity contribution is 5.75. The van der Waals surface area contributed by atoms with Crippen LogP contribution in [0.15, 0.2) is 48.5 Å². The van der Waals surface area contributed by atoms with Crippen LogP contribution in [0, 0.1) is 6.92 Å². The first-order chi connectivity index (χ1) is 11.8. The highest BCUT2D eigenvalue weighted by Crippen LogP contribution is 2.17. The molecule has 1 heterocycles. The van der Waals surface area contributed by atoms with Crippen molar-refractivity contribution in [2.45, 2.75) is 26.4 Å². The van der Waals surface area contributed by atoms with Gasteiger partial charge in [-0.2, -0.15) is 0 Å². The molecule has 1 amide bonds. The molecule has 0 fully saturated rings. The molecule has 0 bridgehead atoms. The Hall–Kier alpha value is -2.82. The molecule has 5 heteroatoms. The second-order valence-corrected chi connectivity index (χ2v) is 5.68. The Morgan fingerprint density at radius 1 is 1.17 bits per heavy atom. The topological polar surface area (TPSA) is 56.1 Å². The van der Waals surface area contributed by atoms with Gasteiger partial charge in [-0.3, -0.25) is 4.79 Å². The van der Waals surface area contributed by atoms with E-state index < -0.39 is 0 Å². The van der Waals surface area contributed by atoms with E-state index in [-0.39, 0.29) is 0 Å². The van der Waals surface area contributed by atoms with Gasteiger partial charge in [0, 0.05) is 6.54 Å². The van der Waals surface area contributed by atoms with E-state index in [0.717, 1.165) is 35.6 Å². The quantitative estimate of drug-likeness (QED) is 0.512. The summed E-state index contributed by atoms with van der Waals surface area (Å²) < 4.78 is 7.93. The molecule has 0 aliphatic rings. The molecule has 0 aliphatic heterocycles. The SMILES string of the molecule is Cc1ccc(OCCCn2c(CNC=O)nc3ccccc32)cc1. The van der Waals surface area contributed by atoms with Gasteiger partial charge in [-0.05, 0) is 37.6 Å². The summed E-state index contributed by atoms with van der Waals surface area (Å²) >= 11 is 0. The van der Waals surface area contributed by atoms with Crippen LogP contribution in [0.1, 0.15) is 17.8 Å². The van der Waals surface area contributed by atoms with Crippen LogP contribution in [-0.2, 0) is 17.9 Å². The average molecular weight is 323 g/mol. The van der Waals surface area contributed by atoms with Gasteiger partial charge >= 0.3 is 0 Å². The van der Waals surface area contributed by atoms with Crippen LogP contribution in [0.5, 0.6) is 5.75 Å². The van der Waals surface area contributed by atoms with E-state index in [2.05, 4.69) is 21.8 Å². The molecule has 2 aromatic carbocycles. The number of aryl methyl sites for hydroxylation is 2. The molecule has 124 valence electrons. The van der Waals surface area contributed by atoms with Crippen molar-refractivity contribution in [2.24, 2.45) is 0 Å². The molecule has 0 aliphatic carbocycles. The van der Waals surface area contributed by atoms with Gasteiger partial charge in [0.25, 0.3) is 0 Å². The largest absolute Gasteiger partial charge is 0.494 e. The van der Waals surface area contributed by atoms with Crippen molar-refractivity contribution in [3.8, 4) is 5.75 Å². The summed E-state index contributed by atoms with van der Waals surface area (Å²) in [5.41, 5.74) is 3.25. The summed E-state index contributed by atoms with van der Waals surface area (Å²) in [6, 6.07) is 16.1. The van der Waals surface area contributed by atoms with Gasteiger partial charge in [-0.1, -0.05) is 29.8 Å². The van der Waals surface area contributed by atoms with Crippen LogP contribution in [-0.4, -0.2) is 22.6 Å². The number of rotatable bonds is 8. The Labute approximate surface area is 141 Å². The third kappa shape index (κ3) is 3.74. The average Bonchev–Trinajstić information content (AvgIpc) is 2.96. The molecule has 5 nitrogen and oxygen atoms in total. The molecule has 0 radical (unpaired) electrons. The van der Waals surface area contributed by atoms with E-state index in [1.54, 1.807) is 0 Å². The zero-order valence-corrected chi connectivity index (χ0v) is 13.7. The highest BCUT2D eigenvalue weighted by Gasteiger charge is 2.09. The van der Waals surface area contributed by atoms with Gasteiger partial charge in [-0.25, -0.2) is 4.98 Å². The predicted octanol–water partition coefficient (Wildman–Crippen LogP) is 3.06. The number of benzene rings is 2. The van der Waals surface area contributed by atoms with Crippen molar-refractivity contribution in [1.82, 2.24) is 14.9 Å². The van der Waals surface area contributed by atoms with Gasteiger partial charge in [0.15, 0.2) is 0 Å². The maximum Gasteiger partial charge on any atom is 0.207 e. The van der Waals surface area contributed by atoms with E-state index in [1.165, 1.54) is 5.56 Å². The number of hydrogen-bond acceptors (Lipinski definition) is 3. The maximum absolute atomic E-state index is 10.6. The minimum atomic E-state index is 0.428. The van der Waals surface area contributed by atoms with Gasteiger partial charge < -0.3 is 14.6 Å². The maximum atomic E-state index is 10.6. The molecule has 0 spiro atoms. The minimum Gasteiger partial charge on any atom is -0.494 e. The summed E-state index contributed by atoms with van der Waals surface area (Å²) in [7, 11) is 0. The number of fused-ring (bicyclic) bond motifs is 1. The van der Waals surface area contributed by atoms with Crippen LogP contribution in [0.3, 0.4) is 0 Å². The van der Waals surface area contributed by atoms with Crippen molar-refractivity contribution < 1.29 is 9.53 Å². The van der Waals surface area contributed by atoms with Crippen LogP contribution < -0.4 is 10.1 Å². The fraction of sp³-hybridized carbons (Fsp3) is 0.263. The van der Waals surface area contributed by atoms with Crippen LogP contribution in [0.25, 0.3) is 11.0 Å². The van der Waals surface area contributed by atoms with Gasteiger partial charge in [0.1, 0.15) is 11.6 Å². The number of hydrogen-bond donors (Lipinski definition) is 1. The molecule has 0 saturated heterocycles. The number of nitrogens with one attached hydrogen (secondary N) is 1. The molecular weight excluding hydrogens is 302 g/mol. The Morgan fingerprint density at radius 2 is 1.96 bits per heavy atom. The lowest BCUT2D eigenvalue weighted by molar-refractivity contribution is -0.109. The molecule has 0 atom stereocenters. The summed E-state index contributed by atoms with van der Waals surface area (Å²) in [5.74, 6) is 1.75. The minimum absolute atomic E-state index is 0.428. The molecule has 24 heavy (non-hydrogen) atoms. The van der Waals surface area contributed by atoms with Crippen molar-refractivity contribution in [1.29, 1.82) is 0 Å². The smallest absolute Gasteiger partial charge is 0.207 e. The zero-order valence-electron chi connectivity index (χ0n) is 13.7. The molecule has 3 aromatic rings. The lowest BCUT2D eigenvalue weighted by Gasteiger charge is -2.10. The highest BCUT2D eigenvalue weighted by atomic mass is 16.5. The zero-order chi connectivity index (χ0) is 16.8. The van der Waals surface area contributed by atoms with Gasteiger partial charge in [0.2, 0.25) is 6.41 Å². The summed E-state index contributed by atoms with van der Waals surface area (Å²) in [5, 5.41) is 2.69. The number of nitrogens with zero attached hydrogens (tertiary/aromatic N) is 2. The fourth-order valence-corrected chi connectivity index (χ4v) is 2.69. The van der Waals surface area contributed by atoms with E-state index in [1.807, 2.05) is 48.5 Å². The third-order valence-electron chi connectivity index (χ3n) is 3.89. The number of amides is 1. The summed E-state index contributed by atoms with van der Waals surface area (Å²) in [6.07, 6.45) is 1.56. The number of ether oxygens (including phenoxy) is 1. The molecular formula is C19H21N3O2. The number of aromatic nitrogens is 2. The summed E-state index contributed by atoms with van der Waals surface area (Å²) in [4.78, 5) is 15.2. The van der Waals surface area contributed by atoms with Gasteiger partial charge in [-0.15, -0.1) is 0 Å². The molecule has 1 aromatic heterocycles. The standard InChI is InChI=1S/C19H21N3O2/c1-15-7-9-16(10-8-15)24-12-4-11-22-18-6-3-2-5-17(18)21-19(22)13-20-14-23/h2-3,5-10,14H,4,11-13H2,1H3,(H,20,23). The van der Waals surface area contributed by atoms with Crippen molar-refractivity contribution >= 4 is 17.4 Å². The Balaban J connectivity index is 1.65. The molecule has 0 unspecified atom stereocenters. The third-order valence-corrected chi connectivity index (χ3v) is 3.89. The first-order valence-electron chi connectivity index (χ1n) is 8.08. The van der Waals surface area contributed by atoms with Crippen molar-refractivity contribution in [3.63, 3.8) is 0 Å². The van der Waals surface area contributed by atoms with Crippen molar-refractivity contribution in [3.05, 3.63) is 59.9 Å². The van der Waals surface area contributed by atoms with E-state index in [4.69, 9.17) is 4.74 Å². The number of carbonyl (C=O) groups excluding carboxylic acids is 1. The first kappa shape index (κ1) is 16.1. The normalized spacial score (nSPS) is 10.7. The first-order valence-corrected chi connectivity index (χ1v) is 8.08. The Morgan fingerprint density at radius 3 is 2.75 bits per heavy atom. The fourth-order valence-electron chi connectivity index (χ4n) is 2.69. The predicted molar refractivity (Wildman–Crippen MR) is 93.9 cm³/mol. The monoisotopic (exact) mass is 323 g/mol. The Kier molecular flexibility index (Phi) is 5.11. The van der Waals surface area contributed by atoms with Gasteiger partial charge in [0.05, 0.1) is 24.2 Å². The van der Waals surface area contributed by atoms with Crippen LogP contribution >= 0.6 is 0 Å². The molecule has 0 saturated carbocycles. The number of imidazole rings is 1. The number of para-hydroxylation sites is 2. The van der Waals surface area contributed by atoms with Crippen molar-refractivity contribution in [2.75, 3.05) is 6.61 Å². The Bertz CT molecular complexity index is 809. The molecule has 3 rings (SSSR count). The molecule has 1 N–H and O–H groups in total. The van der Waals surface area contributed by atoms with E-state index in [9.17, 15) is 4.79 Å². The lowest BCUT2D eigenvalue weighted by atomic mass is 10.2. The second kappa shape index (κ2) is 7.64. The van der Waals surface area contributed by atoms with E-state index >= 15 is 0 Å². The summed E-state index contributed by atoms with van der Waals surface area (Å²) in [6.45, 7) is 3.91. The van der Waals surface area contributed by atoms with E-state index in [0.29, 0.717) is 19.6 Å². The van der Waals surface area contributed by atoms with Crippen LogP contribution in [0.2, 0.25) is 0 Å².